The van der Waals surface area contributed by atoms with E-state index in [9.17, 15) is 4.79 Å². The van der Waals surface area contributed by atoms with Gasteiger partial charge in [0.2, 0.25) is 5.91 Å². The molecule has 1 aromatic heterocycles. The van der Waals surface area contributed by atoms with Gasteiger partial charge < -0.3 is 10.6 Å². The van der Waals surface area contributed by atoms with Crippen molar-refractivity contribution in [2.24, 2.45) is 0 Å². The molecule has 2 rings (SSSR count). The molecule has 0 saturated carbocycles. The molecule has 94 valence electrons. The standard InChI is InChI=1S/C13H20N2OS/c1-9-7-11(17-10(9)2)8-15-13(16)12-5-3-4-6-14-12/h7,12,14H,3-6,8H2,1-2H3,(H,15,16)/t12-/m0/s1. The second kappa shape index (κ2) is 5.65. The first-order chi connectivity index (χ1) is 8.16. The number of thiophene rings is 1. The van der Waals surface area contributed by atoms with Crippen molar-refractivity contribution in [3.05, 3.63) is 21.4 Å². The van der Waals surface area contributed by atoms with Gasteiger partial charge in [-0.25, -0.2) is 0 Å². The highest BCUT2D eigenvalue weighted by molar-refractivity contribution is 7.12. The fourth-order valence-electron chi connectivity index (χ4n) is 2.11. The van der Waals surface area contributed by atoms with Gasteiger partial charge in [-0.2, -0.15) is 0 Å². The monoisotopic (exact) mass is 252 g/mol. The Labute approximate surface area is 107 Å². The van der Waals surface area contributed by atoms with Crippen LogP contribution in [0.15, 0.2) is 6.07 Å². The highest BCUT2D eigenvalue weighted by Gasteiger charge is 2.19. The molecule has 1 amide bonds. The molecule has 1 aromatic rings. The molecule has 2 heterocycles. The minimum absolute atomic E-state index is 0.0194. The number of hydrogen-bond acceptors (Lipinski definition) is 3. The van der Waals surface area contributed by atoms with E-state index >= 15 is 0 Å². The van der Waals surface area contributed by atoms with Gasteiger partial charge in [0.05, 0.1) is 12.6 Å². The predicted molar refractivity (Wildman–Crippen MR) is 71.3 cm³/mol. The maximum absolute atomic E-state index is 11.9. The summed E-state index contributed by atoms with van der Waals surface area (Å²) in [5.74, 6) is 0.147. The van der Waals surface area contributed by atoms with Crippen LogP contribution in [0.1, 0.15) is 34.6 Å². The van der Waals surface area contributed by atoms with Crippen LogP contribution in [0.25, 0.3) is 0 Å². The van der Waals surface area contributed by atoms with Gasteiger partial charge in [0.15, 0.2) is 0 Å². The highest BCUT2D eigenvalue weighted by Crippen LogP contribution is 2.20. The van der Waals surface area contributed by atoms with Crippen molar-refractivity contribution in [3.63, 3.8) is 0 Å². The summed E-state index contributed by atoms with van der Waals surface area (Å²) in [4.78, 5) is 14.5. The topological polar surface area (TPSA) is 41.1 Å². The van der Waals surface area contributed by atoms with Crippen molar-refractivity contribution >= 4 is 17.2 Å². The number of hydrogen-bond donors (Lipinski definition) is 2. The van der Waals surface area contributed by atoms with Crippen molar-refractivity contribution < 1.29 is 4.79 Å². The minimum atomic E-state index is 0.0194. The fourth-order valence-corrected chi connectivity index (χ4v) is 3.10. The van der Waals surface area contributed by atoms with E-state index in [0.29, 0.717) is 6.54 Å². The zero-order valence-electron chi connectivity index (χ0n) is 10.5. The molecule has 0 aliphatic carbocycles. The molecule has 0 aromatic carbocycles. The third-order valence-corrected chi connectivity index (χ3v) is 4.43. The Balaban J connectivity index is 1.83. The van der Waals surface area contributed by atoms with E-state index in [0.717, 1.165) is 19.4 Å². The van der Waals surface area contributed by atoms with Crippen LogP contribution in [0.2, 0.25) is 0 Å². The zero-order valence-corrected chi connectivity index (χ0v) is 11.3. The van der Waals surface area contributed by atoms with Crippen molar-refractivity contribution in [3.8, 4) is 0 Å². The molecule has 0 bridgehead atoms. The Morgan fingerprint density at radius 2 is 2.35 bits per heavy atom. The predicted octanol–water partition coefficient (Wildman–Crippen LogP) is 2.12. The van der Waals surface area contributed by atoms with Gasteiger partial charge in [-0.3, -0.25) is 4.79 Å². The summed E-state index contributed by atoms with van der Waals surface area (Å²) in [6, 6.07) is 2.18. The summed E-state index contributed by atoms with van der Waals surface area (Å²) < 4.78 is 0. The molecule has 1 saturated heterocycles. The average Bonchev–Trinajstić information content (AvgIpc) is 2.67. The smallest absolute Gasteiger partial charge is 0.237 e. The molecule has 1 aliphatic heterocycles. The maximum atomic E-state index is 11.9. The minimum Gasteiger partial charge on any atom is -0.350 e. The van der Waals surface area contributed by atoms with Gasteiger partial charge in [-0.1, -0.05) is 6.42 Å². The molecule has 2 N–H and O–H groups in total. The number of rotatable bonds is 3. The molecule has 1 aliphatic rings. The quantitative estimate of drug-likeness (QED) is 0.865. The lowest BCUT2D eigenvalue weighted by Gasteiger charge is -2.22. The summed E-state index contributed by atoms with van der Waals surface area (Å²) in [7, 11) is 0. The van der Waals surface area contributed by atoms with Crippen LogP contribution < -0.4 is 10.6 Å². The van der Waals surface area contributed by atoms with E-state index in [1.165, 1.54) is 21.7 Å². The number of amides is 1. The van der Waals surface area contributed by atoms with E-state index in [1.54, 1.807) is 11.3 Å². The van der Waals surface area contributed by atoms with Gasteiger partial charge in [-0.15, -0.1) is 11.3 Å². The van der Waals surface area contributed by atoms with Gasteiger partial charge in [0.1, 0.15) is 0 Å². The second-order valence-electron chi connectivity index (χ2n) is 4.67. The summed E-state index contributed by atoms with van der Waals surface area (Å²) >= 11 is 1.77. The van der Waals surface area contributed by atoms with Crippen molar-refractivity contribution in [2.75, 3.05) is 6.54 Å². The van der Waals surface area contributed by atoms with Crippen LogP contribution in [0.4, 0.5) is 0 Å². The number of aryl methyl sites for hydroxylation is 2. The fraction of sp³-hybridized carbons (Fsp3) is 0.615. The molecule has 0 spiro atoms. The molecule has 1 fully saturated rings. The van der Waals surface area contributed by atoms with Crippen LogP contribution >= 0.6 is 11.3 Å². The summed E-state index contributed by atoms with van der Waals surface area (Å²) in [5, 5.41) is 6.28. The second-order valence-corrected chi connectivity index (χ2v) is 6.01. The van der Waals surface area contributed by atoms with E-state index in [4.69, 9.17) is 0 Å². The van der Waals surface area contributed by atoms with Crippen molar-refractivity contribution in [1.29, 1.82) is 0 Å². The van der Waals surface area contributed by atoms with Gasteiger partial charge in [0.25, 0.3) is 0 Å². The van der Waals surface area contributed by atoms with Crippen molar-refractivity contribution in [1.82, 2.24) is 10.6 Å². The lowest BCUT2D eigenvalue weighted by Crippen LogP contribution is -2.46. The van der Waals surface area contributed by atoms with E-state index in [1.807, 2.05) is 0 Å². The zero-order chi connectivity index (χ0) is 12.3. The summed E-state index contributed by atoms with van der Waals surface area (Å²) in [6.07, 6.45) is 3.31. The lowest BCUT2D eigenvalue weighted by atomic mass is 10.0. The third kappa shape index (κ3) is 3.30. The summed E-state index contributed by atoms with van der Waals surface area (Å²) in [6.45, 7) is 5.86. The molecule has 0 unspecified atom stereocenters. The number of nitrogens with one attached hydrogen (secondary N) is 2. The Morgan fingerprint density at radius 1 is 1.53 bits per heavy atom. The number of carbonyl (C=O) groups is 1. The van der Waals surface area contributed by atoms with Crippen LogP contribution in [-0.4, -0.2) is 18.5 Å². The Kier molecular flexibility index (Phi) is 4.18. The first kappa shape index (κ1) is 12.6. The molecule has 3 nitrogen and oxygen atoms in total. The Morgan fingerprint density at radius 3 is 2.94 bits per heavy atom. The van der Waals surface area contributed by atoms with Crippen molar-refractivity contribution in [2.45, 2.75) is 45.7 Å². The van der Waals surface area contributed by atoms with Crippen LogP contribution in [0.5, 0.6) is 0 Å². The number of carbonyl (C=O) groups excluding carboxylic acids is 1. The van der Waals surface area contributed by atoms with Gasteiger partial charge in [0, 0.05) is 9.75 Å². The van der Waals surface area contributed by atoms with Gasteiger partial charge in [-0.05, 0) is 44.9 Å². The molecule has 17 heavy (non-hydrogen) atoms. The molecule has 0 radical (unpaired) electrons. The summed E-state index contributed by atoms with van der Waals surface area (Å²) in [5.41, 5.74) is 1.31. The SMILES string of the molecule is Cc1cc(CNC(=O)[C@@H]2CCCCN2)sc1C. The first-order valence-corrected chi connectivity index (χ1v) is 7.05. The maximum Gasteiger partial charge on any atom is 0.237 e. The largest absolute Gasteiger partial charge is 0.350 e. The van der Waals surface area contributed by atoms with E-state index in [-0.39, 0.29) is 11.9 Å². The normalized spacial score (nSPS) is 20.2. The van der Waals surface area contributed by atoms with Crippen LogP contribution in [0, 0.1) is 13.8 Å². The number of piperidine rings is 1. The van der Waals surface area contributed by atoms with E-state index < -0.39 is 0 Å². The average molecular weight is 252 g/mol. The third-order valence-electron chi connectivity index (χ3n) is 3.28. The Bertz CT molecular complexity index is 375. The van der Waals surface area contributed by atoms with E-state index in [2.05, 4.69) is 30.5 Å². The molecule has 4 heteroatoms. The van der Waals surface area contributed by atoms with Gasteiger partial charge >= 0.3 is 0 Å². The molecule has 1 atom stereocenters. The highest BCUT2D eigenvalue weighted by atomic mass is 32.1. The lowest BCUT2D eigenvalue weighted by molar-refractivity contribution is -0.123. The van der Waals surface area contributed by atoms with Crippen LogP contribution in [-0.2, 0) is 11.3 Å². The Hall–Kier alpha value is -0.870. The molecular formula is C13H20N2OS. The molecular weight excluding hydrogens is 232 g/mol. The first-order valence-electron chi connectivity index (χ1n) is 6.24. The van der Waals surface area contributed by atoms with Crippen LogP contribution in [0.3, 0.4) is 0 Å².